The van der Waals surface area contributed by atoms with Crippen molar-refractivity contribution in [1.29, 1.82) is 0 Å². The third-order valence-electron chi connectivity index (χ3n) is 2.28. The maximum atomic E-state index is 11.6. The van der Waals surface area contributed by atoms with Crippen molar-refractivity contribution in [2.24, 2.45) is 0 Å². The van der Waals surface area contributed by atoms with E-state index >= 15 is 0 Å². The third-order valence-corrected chi connectivity index (χ3v) is 3.98. The van der Waals surface area contributed by atoms with Gasteiger partial charge in [-0.05, 0) is 32.0 Å². The van der Waals surface area contributed by atoms with Gasteiger partial charge in [-0.3, -0.25) is 14.9 Å². The van der Waals surface area contributed by atoms with Crippen molar-refractivity contribution in [3.8, 4) is 0 Å². The molecule has 0 heterocycles. The molecule has 1 aromatic carbocycles. The number of thioether (sulfide) groups is 1. The van der Waals surface area contributed by atoms with Crippen LogP contribution in [0.15, 0.2) is 23.1 Å². The Kier molecular flexibility index (Phi) is 8.22. The van der Waals surface area contributed by atoms with E-state index in [1.165, 1.54) is 0 Å². The quantitative estimate of drug-likeness (QED) is 0.587. The predicted molar refractivity (Wildman–Crippen MR) is 90.0 cm³/mol. The molecule has 0 unspecified atom stereocenters. The molecular formula is C14H16Cl2N2O4S. The van der Waals surface area contributed by atoms with Gasteiger partial charge >= 0.3 is 12.0 Å². The van der Waals surface area contributed by atoms with Crippen LogP contribution in [0.4, 0.5) is 4.79 Å². The van der Waals surface area contributed by atoms with Crippen molar-refractivity contribution in [2.45, 2.75) is 24.8 Å². The second-order valence-corrected chi connectivity index (χ2v) is 6.56. The fourth-order valence-electron chi connectivity index (χ4n) is 1.37. The summed E-state index contributed by atoms with van der Waals surface area (Å²) in [5.41, 5.74) is 0. The molecule has 0 aliphatic rings. The maximum Gasteiger partial charge on any atom is 0.321 e. The van der Waals surface area contributed by atoms with E-state index in [2.05, 4.69) is 5.32 Å². The van der Waals surface area contributed by atoms with Gasteiger partial charge in [-0.2, -0.15) is 0 Å². The first-order valence-electron chi connectivity index (χ1n) is 6.61. The highest BCUT2D eigenvalue weighted by Gasteiger charge is 2.12. The van der Waals surface area contributed by atoms with Crippen LogP contribution in [0.1, 0.15) is 13.8 Å². The lowest BCUT2D eigenvalue weighted by Crippen LogP contribution is -2.44. The molecule has 0 aliphatic heterocycles. The van der Waals surface area contributed by atoms with Crippen LogP contribution in [-0.2, 0) is 14.3 Å². The lowest BCUT2D eigenvalue weighted by atomic mass is 10.4. The number of hydrogen-bond acceptors (Lipinski definition) is 5. The van der Waals surface area contributed by atoms with E-state index in [0.717, 1.165) is 11.8 Å². The van der Waals surface area contributed by atoms with Crippen LogP contribution < -0.4 is 10.6 Å². The second-order valence-electron chi connectivity index (χ2n) is 4.70. The van der Waals surface area contributed by atoms with Crippen LogP contribution in [0.3, 0.4) is 0 Å². The molecule has 23 heavy (non-hydrogen) atoms. The molecule has 0 spiro atoms. The summed E-state index contributed by atoms with van der Waals surface area (Å²) in [7, 11) is 0. The van der Waals surface area contributed by atoms with Crippen LogP contribution in [0.25, 0.3) is 0 Å². The van der Waals surface area contributed by atoms with Gasteiger partial charge in [0.1, 0.15) is 0 Å². The summed E-state index contributed by atoms with van der Waals surface area (Å²) in [6, 6.07) is 4.15. The molecule has 126 valence electrons. The number of carbonyl (C=O) groups excluding carboxylic acids is 3. The molecule has 6 nitrogen and oxygen atoms in total. The Morgan fingerprint density at radius 3 is 2.61 bits per heavy atom. The monoisotopic (exact) mass is 378 g/mol. The van der Waals surface area contributed by atoms with E-state index < -0.39 is 24.5 Å². The first-order chi connectivity index (χ1) is 10.8. The topological polar surface area (TPSA) is 84.5 Å². The molecule has 0 atom stereocenters. The van der Waals surface area contributed by atoms with Gasteiger partial charge in [-0.25, -0.2) is 4.79 Å². The molecule has 1 rings (SSSR count). The smallest absolute Gasteiger partial charge is 0.321 e. The normalized spacial score (nSPS) is 10.3. The lowest BCUT2D eigenvalue weighted by molar-refractivity contribution is -0.145. The van der Waals surface area contributed by atoms with Crippen molar-refractivity contribution >= 4 is 52.9 Å². The molecule has 0 saturated carbocycles. The van der Waals surface area contributed by atoms with Crippen LogP contribution in [0, 0.1) is 0 Å². The van der Waals surface area contributed by atoms with Crippen LogP contribution in [0.2, 0.25) is 10.0 Å². The Morgan fingerprint density at radius 1 is 1.26 bits per heavy atom. The van der Waals surface area contributed by atoms with E-state index in [0.29, 0.717) is 14.9 Å². The van der Waals surface area contributed by atoms with Crippen molar-refractivity contribution in [2.75, 3.05) is 12.4 Å². The van der Waals surface area contributed by atoms with Gasteiger partial charge in [0.15, 0.2) is 6.61 Å². The number of halogens is 2. The third kappa shape index (κ3) is 8.11. The zero-order chi connectivity index (χ0) is 17.4. The fourth-order valence-corrected chi connectivity index (χ4v) is 2.66. The molecule has 0 radical (unpaired) electrons. The summed E-state index contributed by atoms with van der Waals surface area (Å²) in [6.45, 7) is 2.97. The number of imide groups is 1. The first kappa shape index (κ1) is 19.6. The molecule has 9 heteroatoms. The average molecular weight is 379 g/mol. The summed E-state index contributed by atoms with van der Waals surface area (Å²) in [5, 5.41) is 5.49. The number of rotatable bonds is 6. The maximum absolute atomic E-state index is 11.6. The minimum absolute atomic E-state index is 0.0362. The molecule has 0 bridgehead atoms. The first-order valence-corrected chi connectivity index (χ1v) is 8.36. The average Bonchev–Trinajstić information content (AvgIpc) is 2.45. The van der Waals surface area contributed by atoms with Gasteiger partial charge in [-0.15, -0.1) is 11.8 Å². The van der Waals surface area contributed by atoms with Gasteiger partial charge < -0.3 is 10.1 Å². The van der Waals surface area contributed by atoms with Gasteiger partial charge in [0.25, 0.3) is 5.91 Å². The van der Waals surface area contributed by atoms with Gasteiger partial charge in [0, 0.05) is 16.0 Å². The van der Waals surface area contributed by atoms with Gasteiger partial charge in [0.2, 0.25) is 0 Å². The van der Waals surface area contributed by atoms with E-state index in [1.54, 1.807) is 32.0 Å². The summed E-state index contributed by atoms with van der Waals surface area (Å²) in [4.78, 5) is 34.9. The molecule has 0 fully saturated rings. The Balaban J connectivity index is 2.33. The zero-order valence-electron chi connectivity index (χ0n) is 12.5. The SMILES string of the molecule is CC(C)NC(=O)NC(=O)COC(=O)CSc1cc(Cl)ccc1Cl. The number of esters is 1. The summed E-state index contributed by atoms with van der Waals surface area (Å²) >= 11 is 12.9. The highest BCUT2D eigenvalue weighted by molar-refractivity contribution is 8.00. The number of hydrogen-bond donors (Lipinski definition) is 2. The Hall–Kier alpha value is -1.44. The molecule has 0 aromatic heterocycles. The van der Waals surface area contributed by atoms with Crippen LogP contribution in [-0.4, -0.2) is 36.3 Å². The van der Waals surface area contributed by atoms with Crippen LogP contribution >= 0.6 is 35.0 Å². The van der Waals surface area contributed by atoms with Crippen molar-refractivity contribution < 1.29 is 19.1 Å². The second kappa shape index (κ2) is 9.64. The van der Waals surface area contributed by atoms with E-state index in [1.807, 2.05) is 5.32 Å². The minimum atomic E-state index is -0.706. The summed E-state index contributed by atoms with van der Waals surface area (Å²) < 4.78 is 4.77. The number of carbonyl (C=O) groups is 3. The molecule has 1 aromatic rings. The molecule has 0 saturated heterocycles. The number of ether oxygens (including phenoxy) is 1. The van der Waals surface area contributed by atoms with E-state index in [9.17, 15) is 14.4 Å². The number of benzene rings is 1. The number of urea groups is 1. The fraction of sp³-hybridized carbons (Fsp3) is 0.357. The Morgan fingerprint density at radius 2 is 1.96 bits per heavy atom. The van der Waals surface area contributed by atoms with Gasteiger partial charge in [-0.1, -0.05) is 23.2 Å². The van der Waals surface area contributed by atoms with E-state index in [4.69, 9.17) is 27.9 Å². The highest BCUT2D eigenvalue weighted by atomic mass is 35.5. The highest BCUT2D eigenvalue weighted by Crippen LogP contribution is 2.29. The van der Waals surface area contributed by atoms with Crippen molar-refractivity contribution in [1.82, 2.24) is 10.6 Å². The molecule has 0 aliphatic carbocycles. The summed E-state index contributed by atoms with van der Waals surface area (Å²) in [6.07, 6.45) is 0. The summed E-state index contributed by atoms with van der Waals surface area (Å²) in [5.74, 6) is -1.35. The largest absolute Gasteiger partial charge is 0.455 e. The molecule has 3 amide bonds. The zero-order valence-corrected chi connectivity index (χ0v) is 14.8. The van der Waals surface area contributed by atoms with Gasteiger partial charge in [0.05, 0.1) is 10.8 Å². The van der Waals surface area contributed by atoms with Crippen molar-refractivity contribution in [3.63, 3.8) is 0 Å². The Labute approximate surface area is 148 Å². The number of amides is 3. The van der Waals surface area contributed by atoms with Crippen LogP contribution in [0.5, 0.6) is 0 Å². The minimum Gasteiger partial charge on any atom is -0.455 e. The predicted octanol–water partition coefficient (Wildman–Crippen LogP) is 2.86. The van der Waals surface area contributed by atoms with E-state index in [-0.39, 0.29) is 11.8 Å². The van der Waals surface area contributed by atoms with Crippen molar-refractivity contribution in [3.05, 3.63) is 28.2 Å². The standard InChI is InChI=1S/C14H16Cl2N2O4S/c1-8(2)17-14(21)18-12(19)6-22-13(20)7-23-11-5-9(15)3-4-10(11)16/h3-5,8H,6-7H2,1-2H3,(H2,17,18,19,21). The lowest BCUT2D eigenvalue weighted by Gasteiger charge is -2.09. The molecular weight excluding hydrogens is 363 g/mol. The number of nitrogens with one attached hydrogen (secondary N) is 2. The molecule has 2 N–H and O–H groups in total. The Bertz CT molecular complexity index is 596.